The highest BCUT2D eigenvalue weighted by atomic mass is 16.6. The topological polar surface area (TPSA) is 76.1 Å². The average Bonchev–Trinajstić information content (AvgIpc) is 3.12. The number of ether oxygens (including phenoxy) is 2. The molecule has 0 bridgehead atoms. The Morgan fingerprint density at radius 1 is 1.17 bits per heavy atom. The zero-order valence-corrected chi connectivity index (χ0v) is 13.9. The van der Waals surface area contributed by atoms with Crippen LogP contribution in [-0.2, 0) is 19.1 Å². The minimum absolute atomic E-state index is 0.00301. The minimum atomic E-state index is -1.22. The fourth-order valence-electron chi connectivity index (χ4n) is 3.79. The van der Waals surface area contributed by atoms with E-state index in [1.807, 2.05) is 13.0 Å². The highest BCUT2D eigenvalue weighted by Crippen LogP contribution is 2.34. The summed E-state index contributed by atoms with van der Waals surface area (Å²) in [6.45, 7) is 7.24. The summed E-state index contributed by atoms with van der Waals surface area (Å²) in [5.74, 6) is -1.80. The number of rotatable bonds is 0. The second kappa shape index (κ2) is 6.24. The van der Waals surface area contributed by atoms with E-state index in [-0.39, 0.29) is 42.5 Å². The smallest absolute Gasteiger partial charge is 0.335 e. The summed E-state index contributed by atoms with van der Waals surface area (Å²) in [4.78, 5) is 26.8. The number of nitrogens with zero attached hydrogens (tertiary/aromatic N) is 1. The van der Waals surface area contributed by atoms with Gasteiger partial charge in [0.1, 0.15) is 12.7 Å². The number of aliphatic hydroxyl groups is 1. The van der Waals surface area contributed by atoms with E-state index < -0.39 is 12.1 Å². The minimum Gasteiger partial charge on any atom is -0.460 e. The maximum atomic E-state index is 12.5. The standard InChI is InChI=1S/C17H25NO5/c1-9-10(2)15(19)17(21)22-8-12-4-6-18-7-5-13(14(12)18)23-16(20)11(9)3/h4,9-11,13-15,19H,5-8H2,1-3H3. The van der Waals surface area contributed by atoms with E-state index in [9.17, 15) is 14.7 Å². The predicted molar refractivity (Wildman–Crippen MR) is 82.4 cm³/mol. The van der Waals surface area contributed by atoms with E-state index in [2.05, 4.69) is 4.90 Å². The van der Waals surface area contributed by atoms with Crippen LogP contribution in [0.2, 0.25) is 0 Å². The third kappa shape index (κ3) is 2.90. The quantitative estimate of drug-likeness (QED) is 0.523. The molecule has 0 amide bonds. The van der Waals surface area contributed by atoms with Crippen molar-refractivity contribution in [1.29, 1.82) is 0 Å². The van der Waals surface area contributed by atoms with Gasteiger partial charge >= 0.3 is 11.9 Å². The second-order valence-electron chi connectivity index (χ2n) is 7.04. The van der Waals surface area contributed by atoms with Gasteiger partial charge in [-0.15, -0.1) is 0 Å². The van der Waals surface area contributed by atoms with Gasteiger partial charge in [-0.3, -0.25) is 9.69 Å². The van der Waals surface area contributed by atoms with Crippen molar-refractivity contribution in [2.24, 2.45) is 17.8 Å². The molecule has 3 aliphatic rings. The van der Waals surface area contributed by atoms with Crippen molar-refractivity contribution >= 4 is 11.9 Å². The van der Waals surface area contributed by atoms with Crippen LogP contribution in [0.15, 0.2) is 11.6 Å². The Kier molecular flexibility index (Phi) is 4.47. The lowest BCUT2D eigenvalue weighted by Gasteiger charge is -2.31. The zero-order valence-electron chi connectivity index (χ0n) is 13.9. The molecule has 0 aliphatic carbocycles. The first kappa shape index (κ1) is 16.5. The van der Waals surface area contributed by atoms with E-state index in [1.54, 1.807) is 13.8 Å². The van der Waals surface area contributed by atoms with Crippen molar-refractivity contribution in [2.45, 2.75) is 45.4 Å². The van der Waals surface area contributed by atoms with Gasteiger partial charge in [0.2, 0.25) is 0 Å². The lowest BCUT2D eigenvalue weighted by atomic mass is 9.81. The molecule has 0 radical (unpaired) electrons. The molecule has 6 atom stereocenters. The molecule has 0 saturated carbocycles. The lowest BCUT2D eigenvalue weighted by molar-refractivity contribution is -0.164. The molecule has 0 aromatic rings. The first-order valence-electron chi connectivity index (χ1n) is 8.38. The van der Waals surface area contributed by atoms with Gasteiger partial charge in [0, 0.05) is 13.1 Å². The van der Waals surface area contributed by atoms with Gasteiger partial charge in [0.05, 0.1) is 12.0 Å². The van der Waals surface area contributed by atoms with Crippen LogP contribution in [0, 0.1) is 17.8 Å². The summed E-state index contributed by atoms with van der Waals surface area (Å²) < 4.78 is 11.1. The van der Waals surface area contributed by atoms with Gasteiger partial charge in [-0.05, 0) is 23.8 Å². The molecular formula is C17H25NO5. The van der Waals surface area contributed by atoms with Crippen LogP contribution in [0.3, 0.4) is 0 Å². The lowest BCUT2D eigenvalue weighted by Crippen LogP contribution is -2.42. The van der Waals surface area contributed by atoms with Gasteiger partial charge in [0.15, 0.2) is 6.10 Å². The van der Waals surface area contributed by atoms with Crippen LogP contribution in [0.25, 0.3) is 0 Å². The number of aliphatic hydroxyl groups excluding tert-OH is 1. The number of cyclic esters (lactones) is 1. The Hall–Kier alpha value is -1.40. The van der Waals surface area contributed by atoms with E-state index in [4.69, 9.17) is 9.47 Å². The highest BCUT2D eigenvalue weighted by Gasteiger charge is 2.44. The Morgan fingerprint density at radius 3 is 2.65 bits per heavy atom. The monoisotopic (exact) mass is 323 g/mol. The summed E-state index contributed by atoms with van der Waals surface area (Å²) in [6, 6.07) is 0.00301. The van der Waals surface area contributed by atoms with E-state index in [1.165, 1.54) is 0 Å². The van der Waals surface area contributed by atoms with E-state index >= 15 is 0 Å². The molecular weight excluding hydrogens is 298 g/mol. The summed E-state index contributed by atoms with van der Waals surface area (Å²) >= 11 is 0. The third-order valence-electron chi connectivity index (χ3n) is 5.79. The van der Waals surface area contributed by atoms with Crippen LogP contribution in [-0.4, -0.2) is 59.9 Å². The van der Waals surface area contributed by atoms with Crippen LogP contribution >= 0.6 is 0 Å². The first-order valence-corrected chi connectivity index (χ1v) is 8.38. The van der Waals surface area contributed by atoms with Gasteiger partial charge in [-0.1, -0.05) is 26.8 Å². The molecule has 3 rings (SSSR count). The molecule has 0 spiro atoms. The molecule has 6 heteroatoms. The van der Waals surface area contributed by atoms with Crippen LogP contribution < -0.4 is 0 Å². The fraction of sp³-hybridized carbons (Fsp3) is 0.765. The third-order valence-corrected chi connectivity index (χ3v) is 5.79. The molecule has 2 saturated heterocycles. The zero-order chi connectivity index (χ0) is 16.7. The maximum absolute atomic E-state index is 12.5. The van der Waals surface area contributed by atoms with Crippen molar-refractivity contribution in [3.8, 4) is 0 Å². The molecule has 2 fully saturated rings. The Labute approximate surface area is 136 Å². The number of hydrogen-bond donors (Lipinski definition) is 1. The number of carbonyl (C=O) groups is 2. The van der Waals surface area contributed by atoms with E-state index in [0.29, 0.717) is 0 Å². The molecule has 6 unspecified atom stereocenters. The van der Waals surface area contributed by atoms with Crippen LogP contribution in [0.4, 0.5) is 0 Å². The van der Waals surface area contributed by atoms with Crippen molar-refractivity contribution in [3.63, 3.8) is 0 Å². The van der Waals surface area contributed by atoms with Gasteiger partial charge in [-0.2, -0.15) is 0 Å². The largest absolute Gasteiger partial charge is 0.460 e. The molecule has 3 aliphatic heterocycles. The van der Waals surface area contributed by atoms with E-state index in [0.717, 1.165) is 25.1 Å². The molecule has 6 nitrogen and oxygen atoms in total. The average molecular weight is 323 g/mol. The number of hydrogen-bond acceptors (Lipinski definition) is 6. The van der Waals surface area contributed by atoms with Crippen molar-refractivity contribution in [3.05, 3.63) is 11.6 Å². The van der Waals surface area contributed by atoms with Gasteiger partial charge in [0.25, 0.3) is 0 Å². The molecule has 23 heavy (non-hydrogen) atoms. The molecule has 0 aromatic carbocycles. The van der Waals surface area contributed by atoms with Crippen molar-refractivity contribution < 1.29 is 24.2 Å². The Morgan fingerprint density at radius 2 is 1.91 bits per heavy atom. The molecule has 1 N–H and O–H groups in total. The second-order valence-corrected chi connectivity index (χ2v) is 7.04. The van der Waals surface area contributed by atoms with Gasteiger partial charge in [-0.25, -0.2) is 4.79 Å². The van der Waals surface area contributed by atoms with Gasteiger partial charge < -0.3 is 14.6 Å². The fourth-order valence-corrected chi connectivity index (χ4v) is 3.79. The van der Waals surface area contributed by atoms with Crippen LogP contribution in [0.5, 0.6) is 0 Å². The normalized spacial score (nSPS) is 42.2. The van der Waals surface area contributed by atoms with Crippen molar-refractivity contribution in [2.75, 3.05) is 19.7 Å². The van der Waals surface area contributed by atoms with Crippen LogP contribution in [0.1, 0.15) is 27.2 Å². The maximum Gasteiger partial charge on any atom is 0.335 e. The van der Waals surface area contributed by atoms with Crippen molar-refractivity contribution in [1.82, 2.24) is 4.90 Å². The Balaban J connectivity index is 1.86. The number of carbonyl (C=O) groups excluding carboxylic acids is 2. The predicted octanol–water partition coefficient (Wildman–Crippen LogP) is 0.738. The summed E-state index contributed by atoms with van der Waals surface area (Å²) in [5.41, 5.74) is 0.967. The Bertz CT molecular complexity index is 531. The molecule has 3 heterocycles. The number of esters is 2. The first-order chi connectivity index (χ1) is 10.9. The molecule has 128 valence electrons. The summed E-state index contributed by atoms with van der Waals surface area (Å²) in [7, 11) is 0. The summed E-state index contributed by atoms with van der Waals surface area (Å²) in [5, 5.41) is 10.2. The summed E-state index contributed by atoms with van der Waals surface area (Å²) in [6.07, 6.45) is 1.44. The SMILES string of the molecule is CC1C(=O)OC2CCN3CC=C(COC(=O)C(O)C(C)C1C)C23. The molecule has 0 aromatic heterocycles. The highest BCUT2D eigenvalue weighted by molar-refractivity contribution is 5.76.